The van der Waals surface area contributed by atoms with E-state index < -0.39 is 0 Å². The Hall–Kier alpha value is -2.17. The van der Waals surface area contributed by atoms with Crippen LogP contribution in [0.4, 0.5) is 5.69 Å². The molecule has 2 aromatic rings. The van der Waals surface area contributed by atoms with Crippen LogP contribution in [0, 0.1) is 13.8 Å². The molecule has 4 nitrogen and oxygen atoms in total. The lowest BCUT2D eigenvalue weighted by molar-refractivity contribution is -0.115. The molecule has 0 unspecified atom stereocenters. The highest BCUT2D eigenvalue weighted by Gasteiger charge is 2.15. The van der Waals surface area contributed by atoms with Crippen LogP contribution in [0.2, 0.25) is 5.02 Å². The number of halogens is 1. The first-order valence-electron chi connectivity index (χ1n) is 8.45. The van der Waals surface area contributed by atoms with E-state index in [1.807, 2.05) is 38.1 Å². The molecule has 2 N–H and O–H groups in total. The first-order chi connectivity index (χ1) is 12.0. The van der Waals surface area contributed by atoms with Crippen molar-refractivity contribution < 1.29 is 4.79 Å². The summed E-state index contributed by atoms with van der Waals surface area (Å²) >= 11 is 6.06. The Morgan fingerprint density at radius 1 is 1.32 bits per heavy atom. The molecule has 2 heterocycles. The Morgan fingerprint density at radius 2 is 2.08 bits per heavy atom. The van der Waals surface area contributed by atoms with Crippen molar-refractivity contribution in [2.75, 3.05) is 18.4 Å². The van der Waals surface area contributed by atoms with E-state index in [0.717, 1.165) is 47.6 Å². The largest absolute Gasteiger partial charge is 0.325 e. The number of carbonyl (C=O) groups excluding carboxylic acids is 1. The number of rotatable bonds is 4. The van der Waals surface area contributed by atoms with Crippen LogP contribution < -0.4 is 10.6 Å². The van der Waals surface area contributed by atoms with Crippen molar-refractivity contribution >= 4 is 28.8 Å². The standard InChI is InChI=1S/C20H22ClN3O/c1-13-10-17(21)11-14(2)19(13)24-18(25)12-16-4-3-7-23-20(16)15-5-8-22-9-6-15/h3-5,7,10-11,22H,6,8-9,12H2,1-2H3,(H,24,25). The highest BCUT2D eigenvalue weighted by atomic mass is 35.5. The van der Waals surface area contributed by atoms with Gasteiger partial charge in [0, 0.05) is 23.5 Å². The molecule has 0 saturated carbocycles. The van der Waals surface area contributed by atoms with E-state index in [4.69, 9.17) is 11.6 Å². The average molecular weight is 356 g/mol. The second kappa shape index (κ2) is 7.81. The fourth-order valence-electron chi connectivity index (χ4n) is 3.17. The lowest BCUT2D eigenvalue weighted by Crippen LogP contribution is -2.21. The molecule has 1 amide bonds. The zero-order valence-corrected chi connectivity index (χ0v) is 15.3. The quantitative estimate of drug-likeness (QED) is 0.874. The maximum atomic E-state index is 12.6. The SMILES string of the molecule is Cc1cc(Cl)cc(C)c1NC(=O)Cc1cccnc1C1=CCNCC1. The molecule has 1 aliphatic heterocycles. The van der Waals surface area contributed by atoms with Gasteiger partial charge in [0.15, 0.2) is 0 Å². The van der Waals surface area contributed by atoms with E-state index in [2.05, 4.69) is 21.7 Å². The lowest BCUT2D eigenvalue weighted by atomic mass is 9.99. The molecule has 0 spiro atoms. The first-order valence-corrected chi connectivity index (χ1v) is 8.83. The van der Waals surface area contributed by atoms with Gasteiger partial charge >= 0.3 is 0 Å². The number of aromatic nitrogens is 1. The fraction of sp³-hybridized carbons (Fsp3) is 0.300. The second-order valence-corrected chi connectivity index (χ2v) is 6.77. The van der Waals surface area contributed by atoms with Crippen LogP contribution in [0.1, 0.15) is 28.8 Å². The molecule has 0 atom stereocenters. The van der Waals surface area contributed by atoms with Crippen molar-refractivity contribution in [1.29, 1.82) is 0 Å². The molecule has 3 rings (SSSR count). The summed E-state index contributed by atoms with van der Waals surface area (Å²) in [6.07, 6.45) is 5.17. The molecule has 0 bridgehead atoms. The van der Waals surface area contributed by atoms with Gasteiger partial charge < -0.3 is 10.6 Å². The number of nitrogens with one attached hydrogen (secondary N) is 2. The zero-order valence-electron chi connectivity index (χ0n) is 14.5. The van der Waals surface area contributed by atoms with Gasteiger partial charge in [-0.1, -0.05) is 23.7 Å². The molecule has 0 fully saturated rings. The Labute approximate surface area is 153 Å². The number of hydrogen-bond acceptors (Lipinski definition) is 3. The summed E-state index contributed by atoms with van der Waals surface area (Å²) in [7, 11) is 0. The molecule has 1 aliphatic rings. The third-order valence-corrected chi connectivity index (χ3v) is 4.59. The minimum Gasteiger partial charge on any atom is -0.325 e. The topological polar surface area (TPSA) is 54.0 Å². The highest BCUT2D eigenvalue weighted by Crippen LogP contribution is 2.26. The third kappa shape index (κ3) is 4.27. The van der Waals surface area contributed by atoms with Gasteiger partial charge in [0.25, 0.3) is 0 Å². The molecule has 25 heavy (non-hydrogen) atoms. The van der Waals surface area contributed by atoms with Gasteiger partial charge in [-0.3, -0.25) is 9.78 Å². The van der Waals surface area contributed by atoms with Crippen LogP contribution in [-0.2, 0) is 11.2 Å². The number of amides is 1. The fourth-order valence-corrected chi connectivity index (χ4v) is 3.50. The molecule has 1 aromatic carbocycles. The van der Waals surface area contributed by atoms with Crippen molar-refractivity contribution in [2.24, 2.45) is 0 Å². The minimum atomic E-state index is -0.0442. The average Bonchev–Trinajstić information content (AvgIpc) is 2.59. The molecular formula is C20H22ClN3O. The third-order valence-electron chi connectivity index (χ3n) is 4.37. The summed E-state index contributed by atoms with van der Waals surface area (Å²) in [6, 6.07) is 7.58. The van der Waals surface area contributed by atoms with E-state index in [0.29, 0.717) is 11.4 Å². The van der Waals surface area contributed by atoms with Gasteiger partial charge in [0.1, 0.15) is 0 Å². The van der Waals surface area contributed by atoms with E-state index in [1.165, 1.54) is 5.57 Å². The van der Waals surface area contributed by atoms with Crippen molar-refractivity contribution in [3.05, 3.63) is 63.9 Å². The van der Waals surface area contributed by atoms with Crippen molar-refractivity contribution in [1.82, 2.24) is 10.3 Å². The van der Waals surface area contributed by atoms with Crippen molar-refractivity contribution in [3.8, 4) is 0 Å². The van der Waals surface area contributed by atoms with Crippen LogP contribution in [0.5, 0.6) is 0 Å². The van der Waals surface area contributed by atoms with E-state index in [1.54, 1.807) is 6.20 Å². The predicted octanol–water partition coefficient (Wildman–Crippen LogP) is 3.91. The molecule has 130 valence electrons. The number of aryl methyl sites for hydroxylation is 2. The van der Waals surface area contributed by atoms with Crippen LogP contribution in [0.3, 0.4) is 0 Å². The summed E-state index contributed by atoms with van der Waals surface area (Å²) in [5.41, 5.74) is 5.86. The minimum absolute atomic E-state index is 0.0442. The van der Waals surface area contributed by atoms with Gasteiger partial charge in [-0.25, -0.2) is 0 Å². The van der Waals surface area contributed by atoms with Gasteiger partial charge in [-0.15, -0.1) is 0 Å². The molecule has 0 saturated heterocycles. The van der Waals surface area contributed by atoms with Gasteiger partial charge in [0.2, 0.25) is 5.91 Å². The van der Waals surface area contributed by atoms with E-state index >= 15 is 0 Å². The maximum Gasteiger partial charge on any atom is 0.228 e. The number of carbonyl (C=O) groups is 1. The highest BCUT2D eigenvalue weighted by molar-refractivity contribution is 6.30. The lowest BCUT2D eigenvalue weighted by Gasteiger charge is -2.17. The normalized spacial score (nSPS) is 14.1. The van der Waals surface area contributed by atoms with Gasteiger partial charge in [-0.2, -0.15) is 0 Å². The number of pyridine rings is 1. The summed E-state index contributed by atoms with van der Waals surface area (Å²) in [6.45, 7) is 5.69. The van der Waals surface area contributed by atoms with Gasteiger partial charge in [-0.05, 0) is 67.3 Å². The van der Waals surface area contributed by atoms with Crippen molar-refractivity contribution in [2.45, 2.75) is 26.7 Å². The summed E-state index contributed by atoms with van der Waals surface area (Å²) in [5, 5.41) is 7.01. The number of anilines is 1. The Balaban J connectivity index is 1.79. The maximum absolute atomic E-state index is 12.6. The van der Waals surface area contributed by atoms with E-state index in [9.17, 15) is 4.79 Å². The Kier molecular flexibility index (Phi) is 5.51. The predicted molar refractivity (Wildman–Crippen MR) is 103 cm³/mol. The molecule has 1 aromatic heterocycles. The molecular weight excluding hydrogens is 334 g/mol. The summed E-state index contributed by atoms with van der Waals surface area (Å²) in [4.78, 5) is 17.1. The van der Waals surface area contributed by atoms with E-state index in [-0.39, 0.29) is 5.91 Å². The van der Waals surface area contributed by atoms with Crippen LogP contribution in [-0.4, -0.2) is 24.0 Å². The van der Waals surface area contributed by atoms with Crippen LogP contribution in [0.15, 0.2) is 36.5 Å². The Bertz CT molecular complexity index is 806. The number of benzene rings is 1. The molecule has 5 heteroatoms. The molecule has 0 radical (unpaired) electrons. The van der Waals surface area contributed by atoms with Gasteiger partial charge in [0.05, 0.1) is 12.1 Å². The second-order valence-electron chi connectivity index (χ2n) is 6.33. The summed E-state index contributed by atoms with van der Waals surface area (Å²) in [5.74, 6) is -0.0442. The van der Waals surface area contributed by atoms with Crippen LogP contribution >= 0.6 is 11.6 Å². The van der Waals surface area contributed by atoms with Crippen LogP contribution in [0.25, 0.3) is 5.57 Å². The number of nitrogens with zero attached hydrogens (tertiary/aromatic N) is 1. The zero-order chi connectivity index (χ0) is 17.8. The first kappa shape index (κ1) is 17.6. The number of hydrogen-bond donors (Lipinski definition) is 2. The molecule has 0 aliphatic carbocycles. The Morgan fingerprint density at radius 3 is 2.76 bits per heavy atom. The monoisotopic (exact) mass is 355 g/mol. The smallest absolute Gasteiger partial charge is 0.228 e. The summed E-state index contributed by atoms with van der Waals surface area (Å²) < 4.78 is 0. The van der Waals surface area contributed by atoms with Crippen molar-refractivity contribution in [3.63, 3.8) is 0 Å².